The summed E-state index contributed by atoms with van der Waals surface area (Å²) in [6.07, 6.45) is 2.36. The third-order valence-corrected chi connectivity index (χ3v) is 5.67. The van der Waals surface area contributed by atoms with Crippen LogP contribution in [0.15, 0.2) is 55.1 Å². The monoisotopic (exact) mass is 529 g/mol. The number of carbonyl (C=O) groups excluding carboxylic acids is 2. The molecular formula is C27H33ClFN5O3. The van der Waals surface area contributed by atoms with Crippen LogP contribution in [0.25, 0.3) is 10.9 Å². The van der Waals surface area contributed by atoms with Gasteiger partial charge in [0.25, 0.3) is 5.91 Å². The molecule has 3 aromatic rings. The Bertz CT molecular complexity index is 1230. The van der Waals surface area contributed by atoms with E-state index in [0.717, 1.165) is 17.4 Å². The molecule has 0 bridgehead atoms. The third kappa shape index (κ3) is 8.78. The van der Waals surface area contributed by atoms with E-state index in [0.29, 0.717) is 35.3 Å². The highest BCUT2D eigenvalue weighted by atomic mass is 35.5. The van der Waals surface area contributed by atoms with Gasteiger partial charge in [0.2, 0.25) is 5.91 Å². The predicted octanol–water partition coefficient (Wildman–Crippen LogP) is 4.56. The second-order valence-electron chi connectivity index (χ2n) is 9.86. The molecule has 1 atom stereocenters. The highest BCUT2D eigenvalue weighted by Gasteiger charge is 2.27. The molecule has 2 amide bonds. The van der Waals surface area contributed by atoms with Crippen LogP contribution in [-0.2, 0) is 9.53 Å². The molecule has 1 unspecified atom stereocenters. The van der Waals surface area contributed by atoms with Gasteiger partial charge in [0.15, 0.2) is 5.88 Å². The van der Waals surface area contributed by atoms with Crippen molar-refractivity contribution in [2.24, 2.45) is 0 Å². The van der Waals surface area contributed by atoms with Crippen molar-refractivity contribution in [3.63, 3.8) is 0 Å². The molecule has 0 saturated carbocycles. The summed E-state index contributed by atoms with van der Waals surface area (Å²) in [5.74, 6) is -0.161. The molecule has 0 radical (unpaired) electrons. The van der Waals surface area contributed by atoms with Crippen LogP contribution in [0, 0.1) is 12.7 Å². The summed E-state index contributed by atoms with van der Waals surface area (Å²) in [5.41, 5.74) is 1.82. The number of likely N-dealkylation sites (tertiary alicyclic amines) is 1. The van der Waals surface area contributed by atoms with Crippen LogP contribution in [0.2, 0.25) is 5.15 Å². The number of amides is 2. The molecule has 1 aliphatic rings. The van der Waals surface area contributed by atoms with E-state index in [2.05, 4.69) is 27.2 Å². The predicted molar refractivity (Wildman–Crippen MR) is 143 cm³/mol. The molecule has 2 aromatic heterocycles. The number of nitrogens with one attached hydrogen (secondary N) is 3. The van der Waals surface area contributed by atoms with Crippen LogP contribution in [0.5, 0.6) is 0 Å². The minimum Gasteiger partial charge on any atom is -0.474 e. The SMILES string of the molecule is C=C(NC1CCN(C(=O)CNC(=O)c2cc3cc(Cl)ncc3[nH]2)C1)OC(C)(C)C.Cc1ccc(F)cc1. The normalized spacial score (nSPS) is 15.1. The molecule has 1 fully saturated rings. The van der Waals surface area contributed by atoms with Gasteiger partial charge in [-0.3, -0.25) is 9.59 Å². The first-order valence-corrected chi connectivity index (χ1v) is 12.3. The Labute approximate surface area is 221 Å². The summed E-state index contributed by atoms with van der Waals surface area (Å²) >= 11 is 5.86. The second kappa shape index (κ2) is 12.1. The molecule has 8 nitrogen and oxygen atoms in total. The number of carbonyl (C=O) groups is 2. The van der Waals surface area contributed by atoms with Crippen molar-refractivity contribution in [3.05, 3.63) is 77.3 Å². The second-order valence-corrected chi connectivity index (χ2v) is 10.3. The van der Waals surface area contributed by atoms with E-state index in [1.54, 1.807) is 35.4 Å². The molecule has 1 saturated heterocycles. The Morgan fingerprint density at radius 2 is 1.97 bits per heavy atom. The number of H-pyrrole nitrogens is 1. The fourth-order valence-corrected chi connectivity index (χ4v) is 3.92. The number of ether oxygens (including phenoxy) is 1. The Morgan fingerprint density at radius 3 is 2.62 bits per heavy atom. The van der Waals surface area contributed by atoms with E-state index in [4.69, 9.17) is 16.3 Å². The van der Waals surface area contributed by atoms with Crippen LogP contribution >= 0.6 is 11.6 Å². The zero-order chi connectivity index (χ0) is 27.2. The summed E-state index contributed by atoms with van der Waals surface area (Å²) in [6, 6.07) is 9.83. The molecule has 10 heteroatoms. The van der Waals surface area contributed by atoms with Crippen molar-refractivity contribution >= 4 is 34.3 Å². The Morgan fingerprint density at radius 1 is 1.27 bits per heavy atom. The molecule has 3 heterocycles. The molecule has 198 valence electrons. The zero-order valence-electron chi connectivity index (χ0n) is 21.5. The van der Waals surface area contributed by atoms with Gasteiger partial charge < -0.3 is 25.3 Å². The van der Waals surface area contributed by atoms with E-state index in [9.17, 15) is 14.0 Å². The smallest absolute Gasteiger partial charge is 0.268 e. The van der Waals surface area contributed by atoms with Crippen LogP contribution in [0.4, 0.5) is 4.39 Å². The molecular weight excluding hydrogens is 497 g/mol. The van der Waals surface area contributed by atoms with Gasteiger partial charge in [-0.1, -0.05) is 29.3 Å². The number of halogens is 2. The van der Waals surface area contributed by atoms with E-state index < -0.39 is 0 Å². The van der Waals surface area contributed by atoms with Crippen LogP contribution in [0.3, 0.4) is 0 Å². The molecule has 1 aliphatic heterocycles. The fraction of sp³-hybridized carbons (Fsp3) is 0.370. The lowest BCUT2D eigenvalue weighted by atomic mass is 10.2. The van der Waals surface area contributed by atoms with Gasteiger partial charge in [0.05, 0.1) is 18.3 Å². The van der Waals surface area contributed by atoms with Gasteiger partial charge in [0, 0.05) is 24.5 Å². The number of rotatable bonds is 6. The largest absolute Gasteiger partial charge is 0.474 e. The summed E-state index contributed by atoms with van der Waals surface area (Å²) in [5, 5.41) is 7.01. The minimum absolute atomic E-state index is 0.0701. The summed E-state index contributed by atoms with van der Waals surface area (Å²) in [4.78, 5) is 33.5. The van der Waals surface area contributed by atoms with Crippen molar-refractivity contribution in [1.29, 1.82) is 0 Å². The summed E-state index contributed by atoms with van der Waals surface area (Å²) < 4.78 is 17.8. The van der Waals surface area contributed by atoms with Crippen LogP contribution < -0.4 is 10.6 Å². The van der Waals surface area contributed by atoms with Gasteiger partial charge in [-0.15, -0.1) is 0 Å². The molecule has 3 N–H and O–H groups in total. The van der Waals surface area contributed by atoms with Gasteiger partial charge in [-0.05, 0) is 65.0 Å². The minimum atomic E-state index is -0.355. The number of nitrogens with zero attached hydrogens (tertiary/aromatic N) is 2. The van der Waals surface area contributed by atoms with Crippen molar-refractivity contribution in [2.45, 2.75) is 45.8 Å². The van der Waals surface area contributed by atoms with Gasteiger partial charge in [0.1, 0.15) is 22.3 Å². The molecule has 1 aromatic carbocycles. The Kier molecular flexibility index (Phi) is 9.15. The summed E-state index contributed by atoms with van der Waals surface area (Å²) in [6.45, 7) is 12.7. The number of benzene rings is 1. The maximum absolute atomic E-state index is 12.5. The van der Waals surface area contributed by atoms with Crippen molar-refractivity contribution in [3.8, 4) is 0 Å². The first-order valence-electron chi connectivity index (χ1n) is 12.0. The Balaban J connectivity index is 0.000000405. The molecule has 0 aliphatic carbocycles. The van der Waals surface area contributed by atoms with Crippen molar-refractivity contribution < 1.29 is 18.7 Å². The number of hydrogen-bond acceptors (Lipinski definition) is 5. The third-order valence-electron chi connectivity index (χ3n) is 5.46. The quantitative estimate of drug-likeness (QED) is 0.321. The Hall–Kier alpha value is -3.59. The number of fused-ring (bicyclic) bond motifs is 1. The maximum Gasteiger partial charge on any atom is 0.268 e. The van der Waals surface area contributed by atoms with Gasteiger partial charge in [-0.2, -0.15) is 0 Å². The highest BCUT2D eigenvalue weighted by Crippen LogP contribution is 2.18. The standard InChI is InChI=1S/C20H26ClN5O3.C7H7F/c1-12(29-20(2,3)4)24-14-5-6-26(11-14)18(27)10-23-19(28)15-7-13-8-17(21)22-9-16(13)25-15;1-6-2-4-7(8)5-3-6/h7-9,14,24-25H,1,5-6,10-11H2,2-4H3,(H,23,28);2-5H,1H3. The zero-order valence-corrected chi connectivity index (χ0v) is 22.3. The van der Waals surface area contributed by atoms with E-state index in [1.807, 2.05) is 27.7 Å². The molecule has 37 heavy (non-hydrogen) atoms. The van der Waals surface area contributed by atoms with Crippen molar-refractivity contribution in [2.75, 3.05) is 19.6 Å². The summed E-state index contributed by atoms with van der Waals surface area (Å²) in [7, 11) is 0. The van der Waals surface area contributed by atoms with E-state index in [1.165, 1.54) is 12.1 Å². The first kappa shape index (κ1) is 28.0. The number of aromatic amines is 1. The molecule has 4 rings (SSSR count). The van der Waals surface area contributed by atoms with Crippen molar-refractivity contribution in [1.82, 2.24) is 25.5 Å². The number of pyridine rings is 1. The van der Waals surface area contributed by atoms with Gasteiger partial charge in [-0.25, -0.2) is 9.37 Å². The molecule has 0 spiro atoms. The lowest BCUT2D eigenvalue weighted by Gasteiger charge is -2.25. The average molecular weight is 530 g/mol. The number of hydrogen-bond donors (Lipinski definition) is 3. The van der Waals surface area contributed by atoms with E-state index in [-0.39, 0.29) is 35.8 Å². The van der Waals surface area contributed by atoms with Crippen LogP contribution in [0.1, 0.15) is 43.2 Å². The fourth-order valence-electron chi connectivity index (χ4n) is 3.75. The lowest BCUT2D eigenvalue weighted by molar-refractivity contribution is -0.129. The number of aryl methyl sites for hydroxylation is 1. The highest BCUT2D eigenvalue weighted by molar-refractivity contribution is 6.30. The maximum atomic E-state index is 12.5. The topological polar surface area (TPSA) is 99.4 Å². The van der Waals surface area contributed by atoms with E-state index >= 15 is 0 Å². The van der Waals surface area contributed by atoms with Crippen LogP contribution in [-0.4, -0.2) is 58.0 Å². The number of aromatic nitrogens is 2. The first-order chi connectivity index (χ1) is 17.4. The average Bonchev–Trinajstić information content (AvgIpc) is 3.45. The lowest BCUT2D eigenvalue weighted by Crippen LogP contribution is -2.41. The van der Waals surface area contributed by atoms with Gasteiger partial charge >= 0.3 is 0 Å².